The SMILES string of the molecule is COC(=O)C(C)c1ccc2nc(-c3cccs3)ccc2c1. The zero-order valence-electron chi connectivity index (χ0n) is 11.9. The molecule has 2 aromatic heterocycles. The lowest BCUT2D eigenvalue weighted by molar-refractivity contribution is -0.141. The van der Waals surface area contributed by atoms with Gasteiger partial charge in [0.15, 0.2) is 0 Å². The second-order valence-electron chi connectivity index (χ2n) is 4.87. The fraction of sp³-hybridized carbons (Fsp3) is 0.176. The van der Waals surface area contributed by atoms with Crippen molar-refractivity contribution >= 4 is 28.2 Å². The van der Waals surface area contributed by atoms with E-state index in [1.807, 2.05) is 48.7 Å². The van der Waals surface area contributed by atoms with Gasteiger partial charge in [-0.15, -0.1) is 11.3 Å². The molecular formula is C17H15NO2S. The summed E-state index contributed by atoms with van der Waals surface area (Å²) >= 11 is 1.68. The van der Waals surface area contributed by atoms with Crippen LogP contribution in [0.4, 0.5) is 0 Å². The molecule has 1 atom stereocenters. The number of carbonyl (C=O) groups is 1. The Morgan fingerprint density at radius 1 is 1.24 bits per heavy atom. The molecule has 0 N–H and O–H groups in total. The van der Waals surface area contributed by atoms with Crippen LogP contribution in [-0.2, 0) is 9.53 Å². The quantitative estimate of drug-likeness (QED) is 0.679. The van der Waals surface area contributed by atoms with Crippen molar-refractivity contribution in [3.63, 3.8) is 0 Å². The molecule has 3 rings (SSSR count). The lowest BCUT2D eigenvalue weighted by Crippen LogP contribution is -2.10. The number of pyridine rings is 1. The molecule has 1 aromatic carbocycles. The number of aromatic nitrogens is 1. The molecule has 0 spiro atoms. The third-order valence-electron chi connectivity index (χ3n) is 3.54. The molecule has 3 aromatic rings. The van der Waals surface area contributed by atoms with Gasteiger partial charge in [0.05, 0.1) is 29.1 Å². The Morgan fingerprint density at radius 2 is 2.10 bits per heavy atom. The van der Waals surface area contributed by atoms with Gasteiger partial charge >= 0.3 is 5.97 Å². The van der Waals surface area contributed by atoms with E-state index >= 15 is 0 Å². The molecule has 3 nitrogen and oxygen atoms in total. The minimum atomic E-state index is -0.267. The fourth-order valence-electron chi connectivity index (χ4n) is 2.29. The van der Waals surface area contributed by atoms with Crippen LogP contribution < -0.4 is 0 Å². The number of hydrogen-bond acceptors (Lipinski definition) is 4. The molecule has 106 valence electrons. The normalized spacial score (nSPS) is 12.3. The van der Waals surface area contributed by atoms with Crippen molar-refractivity contribution in [1.29, 1.82) is 0 Å². The molecule has 21 heavy (non-hydrogen) atoms. The standard InChI is InChI=1S/C17H15NO2S/c1-11(17(19)20-2)12-5-7-14-13(10-12)6-8-15(18-14)16-4-3-9-21-16/h3-11H,1-2H3. The van der Waals surface area contributed by atoms with Crippen molar-refractivity contribution in [3.8, 4) is 10.6 Å². The molecule has 1 unspecified atom stereocenters. The minimum absolute atomic E-state index is 0.225. The zero-order valence-corrected chi connectivity index (χ0v) is 12.7. The monoisotopic (exact) mass is 297 g/mol. The Morgan fingerprint density at radius 3 is 2.81 bits per heavy atom. The van der Waals surface area contributed by atoms with Gasteiger partial charge in [0.2, 0.25) is 0 Å². The van der Waals surface area contributed by atoms with Crippen molar-refractivity contribution in [3.05, 3.63) is 53.4 Å². The summed E-state index contributed by atoms with van der Waals surface area (Å²) in [5.41, 5.74) is 2.85. The number of benzene rings is 1. The first kappa shape index (κ1) is 13.8. The Bertz CT molecular complexity index is 781. The zero-order chi connectivity index (χ0) is 14.8. The van der Waals surface area contributed by atoms with Gasteiger partial charge in [-0.05, 0) is 42.1 Å². The topological polar surface area (TPSA) is 39.2 Å². The highest BCUT2D eigenvalue weighted by Crippen LogP contribution is 2.27. The maximum absolute atomic E-state index is 11.6. The maximum atomic E-state index is 11.6. The molecule has 0 amide bonds. The first-order valence-electron chi connectivity index (χ1n) is 6.71. The van der Waals surface area contributed by atoms with Crippen molar-refractivity contribution in [2.45, 2.75) is 12.8 Å². The first-order chi connectivity index (χ1) is 10.2. The van der Waals surface area contributed by atoms with Gasteiger partial charge < -0.3 is 4.74 Å². The summed E-state index contributed by atoms with van der Waals surface area (Å²) < 4.78 is 4.79. The number of rotatable bonds is 3. The fourth-order valence-corrected chi connectivity index (χ4v) is 2.98. The second-order valence-corrected chi connectivity index (χ2v) is 5.82. The van der Waals surface area contributed by atoms with E-state index in [1.54, 1.807) is 11.3 Å². The number of nitrogens with zero attached hydrogens (tertiary/aromatic N) is 1. The number of carbonyl (C=O) groups excluding carboxylic acids is 1. The van der Waals surface area contributed by atoms with Gasteiger partial charge in [-0.3, -0.25) is 4.79 Å². The maximum Gasteiger partial charge on any atom is 0.312 e. The van der Waals surface area contributed by atoms with E-state index in [2.05, 4.69) is 11.1 Å². The molecular weight excluding hydrogens is 282 g/mol. The van der Waals surface area contributed by atoms with Crippen LogP contribution >= 0.6 is 11.3 Å². The predicted octanol–water partition coefficient (Wildman–Crippen LogP) is 4.24. The van der Waals surface area contributed by atoms with E-state index < -0.39 is 0 Å². The van der Waals surface area contributed by atoms with Crippen LogP contribution in [0.1, 0.15) is 18.4 Å². The molecule has 0 radical (unpaired) electrons. The van der Waals surface area contributed by atoms with Gasteiger partial charge in [-0.2, -0.15) is 0 Å². The molecule has 4 heteroatoms. The first-order valence-corrected chi connectivity index (χ1v) is 7.59. The molecule has 0 aliphatic rings. The summed E-state index contributed by atoms with van der Waals surface area (Å²) in [6.07, 6.45) is 0. The average molecular weight is 297 g/mol. The predicted molar refractivity (Wildman–Crippen MR) is 85.5 cm³/mol. The number of methoxy groups -OCH3 is 1. The van der Waals surface area contributed by atoms with Crippen molar-refractivity contribution < 1.29 is 9.53 Å². The Hall–Kier alpha value is -2.20. The van der Waals surface area contributed by atoms with Gasteiger partial charge in [0.1, 0.15) is 0 Å². The summed E-state index contributed by atoms with van der Waals surface area (Å²) in [4.78, 5) is 17.5. The van der Waals surface area contributed by atoms with Gasteiger partial charge in [0, 0.05) is 5.39 Å². The number of thiophene rings is 1. The summed E-state index contributed by atoms with van der Waals surface area (Å²) in [5, 5.41) is 3.08. The Kier molecular flexibility index (Phi) is 3.71. The molecule has 0 aliphatic heterocycles. The minimum Gasteiger partial charge on any atom is -0.469 e. The summed E-state index contributed by atoms with van der Waals surface area (Å²) in [5.74, 6) is -0.492. The van der Waals surface area contributed by atoms with Gasteiger partial charge in [0.25, 0.3) is 0 Å². The molecule has 0 fully saturated rings. The van der Waals surface area contributed by atoms with E-state index in [4.69, 9.17) is 4.74 Å². The number of hydrogen-bond donors (Lipinski definition) is 0. The third-order valence-corrected chi connectivity index (χ3v) is 4.43. The molecule has 0 aliphatic carbocycles. The molecule has 0 saturated heterocycles. The number of fused-ring (bicyclic) bond motifs is 1. The van der Waals surface area contributed by atoms with Crippen molar-refractivity contribution in [1.82, 2.24) is 4.98 Å². The molecule has 0 saturated carbocycles. The third kappa shape index (κ3) is 2.67. The molecule has 2 heterocycles. The second kappa shape index (κ2) is 5.66. The van der Waals surface area contributed by atoms with E-state index in [1.165, 1.54) is 7.11 Å². The highest BCUT2D eigenvalue weighted by atomic mass is 32.1. The van der Waals surface area contributed by atoms with E-state index in [0.29, 0.717) is 0 Å². The van der Waals surface area contributed by atoms with Crippen LogP contribution in [-0.4, -0.2) is 18.1 Å². The van der Waals surface area contributed by atoms with Crippen LogP contribution in [0, 0.1) is 0 Å². The summed E-state index contributed by atoms with van der Waals surface area (Å²) in [6, 6.07) is 14.0. The highest BCUT2D eigenvalue weighted by Gasteiger charge is 2.16. The van der Waals surface area contributed by atoms with Crippen LogP contribution in [0.5, 0.6) is 0 Å². The Balaban J connectivity index is 2.00. The van der Waals surface area contributed by atoms with E-state index in [9.17, 15) is 4.79 Å². The van der Waals surface area contributed by atoms with Gasteiger partial charge in [-0.25, -0.2) is 4.98 Å². The smallest absolute Gasteiger partial charge is 0.312 e. The highest BCUT2D eigenvalue weighted by molar-refractivity contribution is 7.13. The summed E-state index contributed by atoms with van der Waals surface area (Å²) in [7, 11) is 1.41. The lowest BCUT2D eigenvalue weighted by Gasteiger charge is -2.10. The van der Waals surface area contributed by atoms with Crippen LogP contribution in [0.2, 0.25) is 0 Å². The average Bonchev–Trinajstić information content (AvgIpc) is 3.06. The van der Waals surface area contributed by atoms with E-state index in [-0.39, 0.29) is 11.9 Å². The summed E-state index contributed by atoms with van der Waals surface area (Å²) in [6.45, 7) is 1.85. The van der Waals surface area contributed by atoms with E-state index in [0.717, 1.165) is 27.0 Å². The Labute approximate surface area is 127 Å². The van der Waals surface area contributed by atoms with Crippen LogP contribution in [0.25, 0.3) is 21.5 Å². The van der Waals surface area contributed by atoms with Crippen molar-refractivity contribution in [2.24, 2.45) is 0 Å². The van der Waals surface area contributed by atoms with Crippen LogP contribution in [0.15, 0.2) is 47.8 Å². The number of ether oxygens (including phenoxy) is 1. The van der Waals surface area contributed by atoms with Gasteiger partial charge in [-0.1, -0.05) is 18.2 Å². The largest absolute Gasteiger partial charge is 0.469 e. The van der Waals surface area contributed by atoms with Crippen LogP contribution in [0.3, 0.4) is 0 Å². The van der Waals surface area contributed by atoms with Crippen molar-refractivity contribution in [2.75, 3.05) is 7.11 Å². The lowest BCUT2D eigenvalue weighted by atomic mass is 9.99. The number of esters is 1. The molecule has 0 bridgehead atoms.